The summed E-state index contributed by atoms with van der Waals surface area (Å²) >= 11 is 0. The Kier molecular flexibility index (Phi) is 5.86. The van der Waals surface area contributed by atoms with Crippen LogP contribution in [0, 0.1) is 5.92 Å². The van der Waals surface area contributed by atoms with Crippen LogP contribution in [0.25, 0.3) is 17.1 Å². The van der Waals surface area contributed by atoms with Gasteiger partial charge in [0.15, 0.2) is 5.78 Å². The van der Waals surface area contributed by atoms with E-state index >= 15 is 0 Å². The fourth-order valence-electron chi connectivity index (χ4n) is 3.13. The van der Waals surface area contributed by atoms with Gasteiger partial charge in [0, 0.05) is 24.6 Å². The number of fused-ring (bicyclic) bond motifs is 3. The lowest BCUT2D eigenvalue weighted by Gasteiger charge is -2.20. The number of aliphatic hydroxyl groups is 2. The Morgan fingerprint density at radius 1 is 1.21 bits per heavy atom. The van der Waals surface area contributed by atoms with Crippen LogP contribution in [0.2, 0.25) is 0 Å². The van der Waals surface area contributed by atoms with Crippen LogP contribution < -0.4 is 0 Å². The molecule has 2 aromatic rings. The monoisotopic (exact) mass is 400 g/mol. The van der Waals surface area contributed by atoms with Gasteiger partial charge in [-0.2, -0.15) is 0 Å². The third kappa shape index (κ3) is 4.08. The molecule has 0 aliphatic carbocycles. The lowest BCUT2D eigenvalue weighted by atomic mass is 9.99. The van der Waals surface area contributed by atoms with Crippen LogP contribution in [0.4, 0.5) is 0 Å². The molecule has 0 fully saturated rings. The number of ether oxygens (including phenoxy) is 1. The second-order valence-corrected chi connectivity index (χ2v) is 7.29. The molecule has 3 rings (SSSR count). The summed E-state index contributed by atoms with van der Waals surface area (Å²) in [6.07, 6.45) is 3.78. The van der Waals surface area contributed by atoms with Gasteiger partial charge < -0.3 is 24.6 Å². The summed E-state index contributed by atoms with van der Waals surface area (Å²) in [5.74, 6) is -1.93. The quantitative estimate of drug-likeness (QED) is 0.576. The number of hydrogen-bond donors (Lipinski definition) is 3. The SMILES string of the molecule is C[C@@H]1/C=C\C(=O)C(O)[C@@H](O)C/C=C/c2c(c(O)cc3c2ncn3C)C(=O)O[C@H]1C. The molecule has 1 aliphatic heterocycles. The number of aryl methyl sites for hydroxylation is 1. The van der Waals surface area contributed by atoms with E-state index in [1.807, 2.05) is 0 Å². The van der Waals surface area contributed by atoms with Crippen LogP contribution in [0.5, 0.6) is 5.75 Å². The Morgan fingerprint density at radius 3 is 2.66 bits per heavy atom. The van der Waals surface area contributed by atoms with Crippen molar-refractivity contribution >= 4 is 28.9 Å². The molecule has 0 saturated heterocycles. The number of phenolic OH excluding ortho intramolecular Hbond substituents is 1. The molecule has 1 aromatic carbocycles. The standard InChI is InChI=1S/C21H24N2O6/c1-11-7-8-16(25)20(27)15(24)6-4-5-13-18(21(28)29-12(11)2)17(26)9-14-19(13)22-10-23(14)3/h4-5,7-12,15,20,24,26-27H,6H2,1-3H3/b5-4+,8-7-/t11-,12+,15+,20?/m1/s1. The predicted molar refractivity (Wildman–Crippen MR) is 106 cm³/mol. The normalized spacial score (nSPS) is 28.4. The predicted octanol–water partition coefficient (Wildman–Crippen LogP) is 1.72. The van der Waals surface area contributed by atoms with E-state index in [4.69, 9.17) is 4.74 Å². The highest BCUT2D eigenvalue weighted by Gasteiger charge is 2.26. The number of benzene rings is 1. The first-order chi connectivity index (χ1) is 13.7. The zero-order valence-electron chi connectivity index (χ0n) is 16.4. The van der Waals surface area contributed by atoms with Crippen molar-refractivity contribution in [2.24, 2.45) is 13.0 Å². The first-order valence-corrected chi connectivity index (χ1v) is 9.33. The molecular formula is C21H24N2O6. The second kappa shape index (κ2) is 8.18. The first kappa shape index (κ1) is 20.8. The molecule has 0 saturated carbocycles. The van der Waals surface area contributed by atoms with Crippen molar-refractivity contribution in [3.63, 3.8) is 0 Å². The Morgan fingerprint density at radius 2 is 1.93 bits per heavy atom. The molecule has 8 nitrogen and oxygen atoms in total. The van der Waals surface area contributed by atoms with Gasteiger partial charge in [-0.25, -0.2) is 9.78 Å². The van der Waals surface area contributed by atoms with Crippen molar-refractivity contribution in [1.82, 2.24) is 9.55 Å². The average Bonchev–Trinajstić information content (AvgIpc) is 3.04. The highest BCUT2D eigenvalue weighted by atomic mass is 16.5. The van der Waals surface area contributed by atoms with Crippen LogP contribution in [0.1, 0.15) is 36.2 Å². The summed E-state index contributed by atoms with van der Waals surface area (Å²) in [5, 5.41) is 30.7. The van der Waals surface area contributed by atoms with Crippen LogP contribution in [0.3, 0.4) is 0 Å². The van der Waals surface area contributed by atoms with E-state index in [-0.39, 0.29) is 23.7 Å². The van der Waals surface area contributed by atoms with Crippen LogP contribution in [-0.4, -0.2) is 54.9 Å². The maximum Gasteiger partial charge on any atom is 0.342 e. The number of imidazole rings is 1. The Labute approximate surface area is 167 Å². The van der Waals surface area contributed by atoms with Gasteiger partial charge in [0.1, 0.15) is 23.5 Å². The van der Waals surface area contributed by atoms with Crippen molar-refractivity contribution < 1.29 is 29.6 Å². The number of carbonyl (C=O) groups is 2. The summed E-state index contributed by atoms with van der Waals surface area (Å²) < 4.78 is 7.21. The first-order valence-electron chi connectivity index (χ1n) is 9.33. The van der Waals surface area contributed by atoms with Gasteiger partial charge in [0.25, 0.3) is 0 Å². The molecule has 1 aliphatic rings. The Bertz CT molecular complexity index is 1010. The minimum atomic E-state index is -1.57. The molecule has 29 heavy (non-hydrogen) atoms. The summed E-state index contributed by atoms with van der Waals surface area (Å²) in [6, 6.07) is 1.45. The molecule has 0 spiro atoms. The van der Waals surface area contributed by atoms with Crippen LogP contribution in [0.15, 0.2) is 30.6 Å². The average molecular weight is 400 g/mol. The molecule has 0 bridgehead atoms. The largest absolute Gasteiger partial charge is 0.507 e. The number of esters is 1. The van der Waals surface area contributed by atoms with Gasteiger partial charge in [-0.05, 0) is 19.4 Å². The van der Waals surface area contributed by atoms with Crippen LogP contribution >= 0.6 is 0 Å². The van der Waals surface area contributed by atoms with E-state index in [2.05, 4.69) is 4.98 Å². The zero-order chi connectivity index (χ0) is 21.3. The fraction of sp³-hybridized carbons (Fsp3) is 0.381. The Hall–Kier alpha value is -2.97. The van der Waals surface area contributed by atoms with Crippen molar-refractivity contribution in [2.75, 3.05) is 0 Å². The van der Waals surface area contributed by atoms with E-state index < -0.39 is 30.1 Å². The number of cyclic esters (lactones) is 1. The maximum absolute atomic E-state index is 12.9. The molecule has 0 radical (unpaired) electrons. The summed E-state index contributed by atoms with van der Waals surface area (Å²) in [4.78, 5) is 29.2. The number of rotatable bonds is 0. The van der Waals surface area contributed by atoms with Crippen LogP contribution in [-0.2, 0) is 16.6 Å². The molecule has 1 unspecified atom stereocenters. The third-order valence-corrected chi connectivity index (χ3v) is 5.16. The summed E-state index contributed by atoms with van der Waals surface area (Å²) in [5.41, 5.74) is 1.40. The number of hydrogen-bond acceptors (Lipinski definition) is 7. The number of ketones is 1. The van der Waals surface area contributed by atoms with Gasteiger partial charge in [-0.15, -0.1) is 0 Å². The topological polar surface area (TPSA) is 122 Å². The molecule has 154 valence electrons. The smallest absolute Gasteiger partial charge is 0.342 e. The molecule has 8 heteroatoms. The lowest BCUT2D eigenvalue weighted by molar-refractivity contribution is -0.127. The molecule has 3 N–H and O–H groups in total. The highest BCUT2D eigenvalue weighted by molar-refractivity contribution is 6.03. The maximum atomic E-state index is 12.9. The second-order valence-electron chi connectivity index (χ2n) is 7.29. The number of phenols is 1. The van der Waals surface area contributed by atoms with Gasteiger partial charge in [-0.1, -0.05) is 25.2 Å². The van der Waals surface area contributed by atoms with Crippen molar-refractivity contribution in [3.05, 3.63) is 41.7 Å². The molecule has 4 atom stereocenters. The van der Waals surface area contributed by atoms with E-state index in [1.54, 1.807) is 31.8 Å². The van der Waals surface area contributed by atoms with Gasteiger partial charge >= 0.3 is 5.97 Å². The minimum absolute atomic E-state index is 0.0290. The van der Waals surface area contributed by atoms with Crippen molar-refractivity contribution in [1.29, 1.82) is 0 Å². The van der Waals surface area contributed by atoms with Gasteiger partial charge in [-0.3, -0.25) is 4.79 Å². The number of nitrogens with zero attached hydrogens (tertiary/aromatic N) is 2. The molecule has 2 heterocycles. The van der Waals surface area contributed by atoms with Gasteiger partial charge in [0.2, 0.25) is 0 Å². The highest BCUT2D eigenvalue weighted by Crippen LogP contribution is 2.32. The zero-order valence-corrected chi connectivity index (χ0v) is 16.4. The Balaban J connectivity index is 2.15. The van der Waals surface area contributed by atoms with E-state index in [9.17, 15) is 24.9 Å². The third-order valence-electron chi connectivity index (χ3n) is 5.16. The van der Waals surface area contributed by atoms with E-state index in [0.717, 1.165) is 0 Å². The van der Waals surface area contributed by atoms with Crippen molar-refractivity contribution in [3.8, 4) is 5.75 Å². The van der Waals surface area contributed by atoms with Gasteiger partial charge in [0.05, 0.1) is 23.5 Å². The molecular weight excluding hydrogens is 376 g/mol. The molecule has 1 aromatic heterocycles. The minimum Gasteiger partial charge on any atom is -0.507 e. The summed E-state index contributed by atoms with van der Waals surface area (Å²) in [7, 11) is 1.76. The summed E-state index contributed by atoms with van der Waals surface area (Å²) in [6.45, 7) is 3.42. The fourth-order valence-corrected chi connectivity index (χ4v) is 3.13. The van der Waals surface area contributed by atoms with E-state index in [0.29, 0.717) is 16.6 Å². The lowest BCUT2D eigenvalue weighted by Crippen LogP contribution is -2.32. The van der Waals surface area contributed by atoms with E-state index in [1.165, 1.54) is 30.4 Å². The number of aliphatic hydroxyl groups excluding tert-OH is 2. The molecule has 0 amide bonds. The number of aromatic hydroxyl groups is 1. The number of carbonyl (C=O) groups excluding carboxylic acids is 2. The number of aromatic nitrogens is 2. The van der Waals surface area contributed by atoms with Crippen molar-refractivity contribution in [2.45, 2.75) is 38.6 Å².